The minimum Gasteiger partial charge on any atom is -0.458 e. The van der Waals surface area contributed by atoms with E-state index in [4.69, 9.17) is 9.72 Å². The predicted octanol–water partition coefficient (Wildman–Crippen LogP) is 8.97. The van der Waals surface area contributed by atoms with Crippen molar-refractivity contribution in [2.24, 2.45) is 5.41 Å². The third kappa shape index (κ3) is 3.10. The number of aromatic nitrogens is 3. The molecule has 5 aromatic carbocycles. The van der Waals surface area contributed by atoms with E-state index in [9.17, 15) is 0 Å². The van der Waals surface area contributed by atoms with Crippen LogP contribution in [-0.4, -0.2) is 20.7 Å². The van der Waals surface area contributed by atoms with E-state index < -0.39 is 0 Å². The molecule has 10 rings (SSSR count). The van der Waals surface area contributed by atoms with E-state index in [1.54, 1.807) is 0 Å². The fraction of sp³-hybridized carbons (Fsp3) is 0.341. The molecular weight excluding hydrogens is 597 g/mol. The molecule has 0 bridgehead atoms. The van der Waals surface area contributed by atoms with Crippen molar-refractivity contribution in [2.75, 3.05) is 0 Å². The minimum absolute atomic E-state index is 0.00528. The van der Waals surface area contributed by atoms with Gasteiger partial charge in [0.2, 0.25) is 5.78 Å². The molecule has 0 N–H and O–H groups in total. The fourth-order valence-electron chi connectivity index (χ4n) is 10.2. The van der Waals surface area contributed by atoms with Crippen molar-refractivity contribution in [3.63, 3.8) is 0 Å². The SMILES string of the molecule is Cc1cc2c(cc1C)B1c3c(c(C)c(C)c4nc5n(-c6ccc7c(c6)C(C)(C)C(C)(C)C7(C)C)c6ccc(C)c7c(C)cc1c(c76)n5c34)O2. The van der Waals surface area contributed by atoms with Gasteiger partial charge < -0.3 is 4.74 Å². The average molecular weight is 642 g/mol. The first-order chi connectivity index (χ1) is 23.1. The first-order valence-corrected chi connectivity index (χ1v) is 17.9. The van der Waals surface area contributed by atoms with Crippen LogP contribution in [0, 0.1) is 47.0 Å². The van der Waals surface area contributed by atoms with Gasteiger partial charge in [-0.2, -0.15) is 0 Å². The molecule has 7 aromatic rings. The van der Waals surface area contributed by atoms with E-state index in [-0.39, 0.29) is 23.0 Å². The van der Waals surface area contributed by atoms with Gasteiger partial charge in [-0.15, -0.1) is 0 Å². The van der Waals surface area contributed by atoms with Gasteiger partial charge in [0.1, 0.15) is 11.5 Å². The second-order valence-electron chi connectivity index (χ2n) is 17.2. The van der Waals surface area contributed by atoms with Crippen molar-refractivity contribution < 1.29 is 4.74 Å². The number of fused-ring (bicyclic) bond motifs is 4. The van der Waals surface area contributed by atoms with Crippen molar-refractivity contribution >= 4 is 61.7 Å². The fourth-order valence-corrected chi connectivity index (χ4v) is 10.2. The lowest BCUT2D eigenvalue weighted by Gasteiger charge is -2.44. The third-order valence-corrected chi connectivity index (χ3v) is 14.4. The number of hydrogen-bond donors (Lipinski definition) is 0. The van der Waals surface area contributed by atoms with Crippen LogP contribution in [0.2, 0.25) is 0 Å². The molecule has 4 nitrogen and oxygen atoms in total. The maximum absolute atomic E-state index is 6.94. The number of aryl methyl sites for hydroxylation is 5. The Morgan fingerprint density at radius 1 is 0.653 bits per heavy atom. The second-order valence-corrected chi connectivity index (χ2v) is 17.2. The first kappa shape index (κ1) is 29.4. The Morgan fingerprint density at radius 2 is 1.35 bits per heavy atom. The maximum atomic E-state index is 6.94. The molecule has 0 amide bonds. The zero-order valence-electron chi connectivity index (χ0n) is 30.9. The van der Waals surface area contributed by atoms with Crippen LogP contribution in [0.3, 0.4) is 0 Å². The first-order valence-electron chi connectivity index (χ1n) is 17.9. The maximum Gasteiger partial charge on any atom is 0.256 e. The summed E-state index contributed by atoms with van der Waals surface area (Å²) in [5.74, 6) is 2.95. The summed E-state index contributed by atoms with van der Waals surface area (Å²) in [5, 5.41) is 2.67. The summed E-state index contributed by atoms with van der Waals surface area (Å²) < 4.78 is 11.9. The van der Waals surface area contributed by atoms with Crippen molar-refractivity contribution in [1.29, 1.82) is 0 Å². The Labute approximate surface area is 289 Å². The molecule has 0 saturated heterocycles. The Morgan fingerprint density at radius 3 is 2.10 bits per heavy atom. The van der Waals surface area contributed by atoms with Crippen molar-refractivity contribution in [2.45, 2.75) is 93.9 Å². The van der Waals surface area contributed by atoms with Crippen molar-refractivity contribution in [3.8, 4) is 17.2 Å². The molecule has 5 heteroatoms. The third-order valence-electron chi connectivity index (χ3n) is 14.4. The van der Waals surface area contributed by atoms with E-state index in [0.717, 1.165) is 22.8 Å². The number of hydrogen-bond acceptors (Lipinski definition) is 2. The Balaban J connectivity index is 1.43. The lowest BCUT2D eigenvalue weighted by atomic mass is 9.34. The van der Waals surface area contributed by atoms with Crippen molar-refractivity contribution in [3.05, 3.63) is 93.0 Å². The lowest BCUT2D eigenvalue weighted by Crippen LogP contribution is -2.58. The van der Waals surface area contributed by atoms with E-state index in [2.05, 4.69) is 141 Å². The van der Waals surface area contributed by atoms with E-state index in [1.165, 1.54) is 93.9 Å². The molecule has 0 spiro atoms. The predicted molar refractivity (Wildman–Crippen MR) is 206 cm³/mol. The lowest BCUT2D eigenvalue weighted by molar-refractivity contribution is 0.125. The molecule has 0 radical (unpaired) electrons. The Bertz CT molecular complexity index is 2730. The highest BCUT2D eigenvalue weighted by atomic mass is 16.5. The van der Waals surface area contributed by atoms with Gasteiger partial charge in [-0.1, -0.05) is 65.8 Å². The summed E-state index contributed by atoms with van der Waals surface area (Å²) in [6.45, 7) is 28.1. The van der Waals surface area contributed by atoms with Gasteiger partial charge in [-0.3, -0.25) is 8.97 Å². The molecule has 1 aliphatic carbocycles. The molecule has 2 aliphatic heterocycles. The number of benzene rings is 5. The van der Waals surface area contributed by atoms with Crippen LogP contribution in [0.1, 0.15) is 86.1 Å². The highest BCUT2D eigenvalue weighted by Crippen LogP contribution is 2.61. The summed E-state index contributed by atoms with van der Waals surface area (Å²) in [5.41, 5.74) is 20.4. The summed E-state index contributed by atoms with van der Waals surface area (Å²) >= 11 is 0. The van der Waals surface area contributed by atoms with Gasteiger partial charge >= 0.3 is 0 Å². The van der Waals surface area contributed by atoms with E-state index in [0.29, 0.717) is 0 Å². The number of nitrogens with zero attached hydrogens (tertiary/aromatic N) is 3. The number of ether oxygens (including phenoxy) is 1. The molecule has 0 atom stereocenters. The van der Waals surface area contributed by atoms with Crippen LogP contribution in [0.4, 0.5) is 0 Å². The molecule has 3 aliphatic rings. The number of rotatable bonds is 1. The molecule has 0 fully saturated rings. The highest BCUT2D eigenvalue weighted by molar-refractivity contribution is 7.00. The van der Waals surface area contributed by atoms with Crippen LogP contribution in [0.15, 0.2) is 48.5 Å². The molecule has 4 heterocycles. The summed E-state index contributed by atoms with van der Waals surface area (Å²) in [7, 11) is 0. The summed E-state index contributed by atoms with van der Waals surface area (Å²) in [4.78, 5) is 5.64. The normalized spacial score (nSPS) is 17.6. The van der Waals surface area contributed by atoms with Gasteiger partial charge in [-0.25, -0.2) is 4.98 Å². The van der Waals surface area contributed by atoms with Crippen LogP contribution in [0.25, 0.3) is 44.3 Å². The zero-order chi connectivity index (χ0) is 34.4. The van der Waals surface area contributed by atoms with Gasteiger partial charge in [-0.05, 0) is 148 Å². The standard InChI is InChI=1S/C44H44BN3O/c1-21-13-16-32-35-34(21)24(4)18-31-38(35)48-39-36-40(49-33-19-23(3)22(2)17-30(33)45(31)36)26(6)25(5)37(39)46-41(48)47(32)27-14-15-28-29(20-27)43(9,10)44(11,12)42(28,7)8/h13-20H,1-12H3. The largest absolute Gasteiger partial charge is 0.458 e. The smallest absolute Gasteiger partial charge is 0.256 e. The van der Waals surface area contributed by atoms with Crippen molar-refractivity contribution in [1.82, 2.24) is 14.0 Å². The second kappa shape index (κ2) is 8.61. The molecular formula is C44H44BN3O. The average Bonchev–Trinajstić information content (AvgIpc) is 3.49. The van der Waals surface area contributed by atoms with Crippen LogP contribution in [0.5, 0.6) is 11.5 Å². The minimum atomic E-state index is -0.00528. The topological polar surface area (TPSA) is 31.5 Å². The van der Waals surface area contributed by atoms with E-state index >= 15 is 0 Å². The molecule has 0 unspecified atom stereocenters. The Hall–Kier alpha value is -4.51. The summed E-state index contributed by atoms with van der Waals surface area (Å²) in [6.07, 6.45) is 0. The molecule has 49 heavy (non-hydrogen) atoms. The number of imidazole rings is 1. The van der Waals surface area contributed by atoms with E-state index in [1.807, 2.05) is 0 Å². The van der Waals surface area contributed by atoms with Crippen LogP contribution in [-0.2, 0) is 10.8 Å². The highest BCUT2D eigenvalue weighted by Gasteiger charge is 2.56. The van der Waals surface area contributed by atoms with Crippen LogP contribution < -0.4 is 21.1 Å². The van der Waals surface area contributed by atoms with Gasteiger partial charge in [0, 0.05) is 11.1 Å². The van der Waals surface area contributed by atoms with Crippen LogP contribution >= 0.6 is 0 Å². The quantitative estimate of drug-likeness (QED) is 0.168. The van der Waals surface area contributed by atoms with Gasteiger partial charge in [0.25, 0.3) is 6.71 Å². The Kier molecular flexibility index (Phi) is 5.17. The molecule has 2 aromatic heterocycles. The summed E-state index contributed by atoms with van der Waals surface area (Å²) in [6, 6.07) is 19.0. The molecule has 244 valence electrons. The monoisotopic (exact) mass is 641 g/mol. The molecule has 0 saturated carbocycles. The van der Waals surface area contributed by atoms with Gasteiger partial charge in [0.05, 0.1) is 22.1 Å². The van der Waals surface area contributed by atoms with Gasteiger partial charge in [0.15, 0.2) is 0 Å². The zero-order valence-corrected chi connectivity index (χ0v) is 30.9.